The van der Waals surface area contributed by atoms with E-state index in [1.165, 1.54) is 0 Å². The number of carbonyl (C=O) groups excluding carboxylic acids is 1. The molecular weight excluding hydrogens is 464 g/mol. The van der Waals surface area contributed by atoms with Gasteiger partial charge in [-0.15, -0.1) is 0 Å². The van der Waals surface area contributed by atoms with Crippen molar-refractivity contribution in [1.82, 2.24) is 10.4 Å². The van der Waals surface area contributed by atoms with Crippen LogP contribution in [0.25, 0.3) is 0 Å². The zero-order valence-electron chi connectivity index (χ0n) is 21.4. The Morgan fingerprint density at radius 3 is 2.11 bits per heavy atom. The molecule has 7 nitrogen and oxygen atoms in total. The molecule has 0 saturated carbocycles. The first kappa shape index (κ1) is 27.2. The van der Waals surface area contributed by atoms with Crippen LogP contribution in [0.15, 0.2) is 59.5 Å². The van der Waals surface area contributed by atoms with Gasteiger partial charge < -0.3 is 9.64 Å². The van der Waals surface area contributed by atoms with Gasteiger partial charge in [-0.3, -0.25) is 9.63 Å². The number of piperidine rings is 1. The van der Waals surface area contributed by atoms with Crippen molar-refractivity contribution >= 4 is 15.7 Å². The quantitative estimate of drug-likeness (QED) is 0.487. The number of benzene rings is 2. The second kappa shape index (κ2) is 11.1. The highest BCUT2D eigenvalue weighted by molar-refractivity contribution is 7.92. The number of ether oxygens (including phenoxy) is 1. The molecule has 0 aromatic heterocycles. The van der Waals surface area contributed by atoms with Gasteiger partial charge in [0.15, 0.2) is 9.84 Å². The van der Waals surface area contributed by atoms with Crippen molar-refractivity contribution in [2.45, 2.75) is 69.1 Å². The molecule has 0 unspecified atom stereocenters. The van der Waals surface area contributed by atoms with Gasteiger partial charge in [-0.1, -0.05) is 32.0 Å². The lowest BCUT2D eigenvalue weighted by Crippen LogP contribution is -2.52. The van der Waals surface area contributed by atoms with Gasteiger partial charge in [-0.2, -0.15) is 0 Å². The van der Waals surface area contributed by atoms with Crippen LogP contribution in [0.5, 0.6) is 11.5 Å². The molecule has 192 valence electrons. The Kier molecular flexibility index (Phi) is 8.62. The predicted molar refractivity (Wildman–Crippen MR) is 137 cm³/mol. The lowest BCUT2D eigenvalue weighted by Gasteiger charge is -2.41. The normalized spacial score (nSPS) is 16.7. The second-order valence-corrected chi connectivity index (χ2v) is 13.0. The third-order valence-electron chi connectivity index (χ3n) is 6.03. The third-order valence-corrected chi connectivity index (χ3v) is 8.61. The Morgan fingerprint density at radius 1 is 1.00 bits per heavy atom. The fourth-order valence-corrected chi connectivity index (χ4v) is 6.34. The molecule has 2 aromatic carbocycles. The lowest BCUT2D eigenvalue weighted by molar-refractivity contribution is -0.146. The first-order valence-electron chi connectivity index (χ1n) is 12.2. The minimum atomic E-state index is -3.81. The molecule has 1 saturated heterocycles. The van der Waals surface area contributed by atoms with Crippen LogP contribution in [0.4, 0.5) is 0 Å². The van der Waals surface area contributed by atoms with Crippen molar-refractivity contribution in [3.63, 3.8) is 0 Å². The average molecular weight is 503 g/mol. The number of amides is 1. The number of hydroxylamine groups is 1. The van der Waals surface area contributed by atoms with Crippen LogP contribution in [-0.4, -0.2) is 49.2 Å². The minimum Gasteiger partial charge on any atom is -0.457 e. The fraction of sp³-hybridized carbons (Fsp3) is 0.519. The van der Waals surface area contributed by atoms with E-state index in [0.29, 0.717) is 43.3 Å². The molecule has 35 heavy (non-hydrogen) atoms. The molecular formula is C27H38N2O5S. The number of para-hydroxylation sites is 1. The van der Waals surface area contributed by atoms with Crippen LogP contribution in [0.1, 0.15) is 53.9 Å². The van der Waals surface area contributed by atoms with E-state index in [1.807, 2.05) is 51.1 Å². The number of likely N-dealkylation sites (tertiary alicyclic amines) is 1. The molecule has 1 aliphatic rings. The Labute approximate surface area is 209 Å². The molecule has 0 radical (unpaired) electrons. The molecule has 1 amide bonds. The number of nitrogens with one attached hydrogen (secondary N) is 1. The molecule has 1 aliphatic heterocycles. The first-order valence-corrected chi connectivity index (χ1v) is 13.7. The number of sulfone groups is 1. The zero-order valence-corrected chi connectivity index (χ0v) is 22.2. The van der Waals surface area contributed by atoms with Crippen molar-refractivity contribution in [1.29, 1.82) is 0 Å². The van der Waals surface area contributed by atoms with Crippen LogP contribution < -0.4 is 10.2 Å². The van der Waals surface area contributed by atoms with Gasteiger partial charge in [0.25, 0.3) is 0 Å². The Bertz CT molecular complexity index is 1070. The minimum absolute atomic E-state index is 0.150. The van der Waals surface area contributed by atoms with E-state index < -0.39 is 26.1 Å². The maximum Gasteiger partial charge on any atom is 0.245 e. The van der Waals surface area contributed by atoms with Crippen molar-refractivity contribution in [3.8, 4) is 11.5 Å². The third kappa shape index (κ3) is 7.29. The Balaban J connectivity index is 1.83. The molecule has 0 bridgehead atoms. The Morgan fingerprint density at radius 2 is 1.57 bits per heavy atom. The van der Waals surface area contributed by atoms with Gasteiger partial charge in [0.05, 0.1) is 15.2 Å². The molecule has 1 fully saturated rings. The van der Waals surface area contributed by atoms with E-state index in [4.69, 9.17) is 9.57 Å². The highest BCUT2D eigenvalue weighted by Gasteiger charge is 2.48. The molecule has 0 atom stereocenters. The largest absolute Gasteiger partial charge is 0.457 e. The highest BCUT2D eigenvalue weighted by Crippen LogP contribution is 2.39. The topological polar surface area (TPSA) is 84.9 Å². The van der Waals surface area contributed by atoms with Crippen LogP contribution >= 0.6 is 0 Å². The predicted octanol–water partition coefficient (Wildman–Crippen LogP) is 4.98. The van der Waals surface area contributed by atoms with Gasteiger partial charge in [0, 0.05) is 13.0 Å². The summed E-state index contributed by atoms with van der Waals surface area (Å²) >= 11 is 0. The summed E-state index contributed by atoms with van der Waals surface area (Å²) in [5, 5.41) is 0. The van der Waals surface area contributed by atoms with Crippen LogP contribution in [0.2, 0.25) is 0 Å². The average Bonchev–Trinajstić information content (AvgIpc) is 2.79. The van der Waals surface area contributed by atoms with E-state index in [1.54, 1.807) is 24.3 Å². The van der Waals surface area contributed by atoms with Crippen LogP contribution in [-0.2, 0) is 19.5 Å². The number of rotatable bonds is 9. The summed E-state index contributed by atoms with van der Waals surface area (Å²) in [6.07, 6.45) is 0.615. The van der Waals surface area contributed by atoms with Crippen molar-refractivity contribution in [2.24, 2.45) is 5.92 Å². The molecule has 3 rings (SSSR count). The molecule has 1 N–H and O–H groups in total. The van der Waals surface area contributed by atoms with E-state index >= 15 is 0 Å². The standard InChI is InChI=1S/C27H38N2O5S/c1-21(2)20-29-17-15-27(16-18-29,19-25(30)28-34-26(3,4)5)35(31,32)24-13-11-23(12-14-24)33-22-9-7-6-8-10-22/h6-14,21H,15-20H2,1-5H3,(H,28,30). The van der Waals surface area contributed by atoms with Gasteiger partial charge in [-0.05, 0) is 89.0 Å². The molecule has 1 heterocycles. The van der Waals surface area contributed by atoms with E-state index in [9.17, 15) is 13.2 Å². The van der Waals surface area contributed by atoms with Gasteiger partial charge in [-0.25, -0.2) is 13.9 Å². The van der Waals surface area contributed by atoms with Gasteiger partial charge >= 0.3 is 0 Å². The summed E-state index contributed by atoms with van der Waals surface area (Å²) in [5.41, 5.74) is 1.89. The van der Waals surface area contributed by atoms with Crippen molar-refractivity contribution in [3.05, 3.63) is 54.6 Å². The summed E-state index contributed by atoms with van der Waals surface area (Å²) in [6, 6.07) is 15.8. The van der Waals surface area contributed by atoms with Crippen molar-refractivity contribution < 1.29 is 22.8 Å². The number of nitrogens with zero attached hydrogens (tertiary/aromatic N) is 1. The lowest BCUT2D eigenvalue weighted by atomic mass is 9.91. The molecule has 2 aromatic rings. The summed E-state index contributed by atoms with van der Waals surface area (Å²) < 4.78 is 32.5. The maximum absolute atomic E-state index is 14.0. The molecule has 0 spiro atoms. The maximum atomic E-state index is 14.0. The highest BCUT2D eigenvalue weighted by atomic mass is 32.2. The monoisotopic (exact) mass is 502 g/mol. The van der Waals surface area contributed by atoms with Gasteiger partial charge in [0.1, 0.15) is 11.5 Å². The van der Waals surface area contributed by atoms with Gasteiger partial charge in [0.2, 0.25) is 5.91 Å². The van der Waals surface area contributed by atoms with E-state index in [2.05, 4.69) is 24.2 Å². The summed E-state index contributed by atoms with van der Waals surface area (Å²) in [7, 11) is -3.81. The van der Waals surface area contributed by atoms with Crippen LogP contribution in [0, 0.1) is 5.92 Å². The fourth-order valence-electron chi connectivity index (χ4n) is 4.30. The second-order valence-electron chi connectivity index (χ2n) is 10.7. The summed E-state index contributed by atoms with van der Waals surface area (Å²) in [5.74, 6) is 1.28. The Hall–Kier alpha value is -2.42. The van der Waals surface area contributed by atoms with E-state index in [-0.39, 0.29) is 11.3 Å². The summed E-state index contributed by atoms with van der Waals surface area (Å²) in [4.78, 5) is 20.7. The van der Waals surface area contributed by atoms with Crippen molar-refractivity contribution in [2.75, 3.05) is 19.6 Å². The van der Waals surface area contributed by atoms with E-state index in [0.717, 1.165) is 6.54 Å². The molecule has 8 heteroatoms. The van der Waals surface area contributed by atoms with Crippen LogP contribution in [0.3, 0.4) is 0 Å². The number of carbonyl (C=O) groups is 1. The smallest absolute Gasteiger partial charge is 0.245 e. The summed E-state index contributed by atoms with van der Waals surface area (Å²) in [6.45, 7) is 11.9. The number of hydrogen-bond acceptors (Lipinski definition) is 6. The molecule has 0 aliphatic carbocycles. The first-order chi connectivity index (χ1) is 16.4. The zero-order chi connectivity index (χ0) is 25.7. The SMILES string of the molecule is CC(C)CN1CCC(CC(=O)NOC(C)(C)C)(S(=O)(=O)c2ccc(Oc3ccccc3)cc2)CC1. The number of hydrogen-bond donors (Lipinski definition) is 1.